The van der Waals surface area contributed by atoms with Gasteiger partial charge in [0.15, 0.2) is 0 Å². The molecule has 110 valence electrons. The minimum atomic E-state index is -0.623. The van der Waals surface area contributed by atoms with Gasteiger partial charge in [0.25, 0.3) is 0 Å². The van der Waals surface area contributed by atoms with Crippen LogP contribution in [0.2, 0.25) is 0 Å². The zero-order chi connectivity index (χ0) is 15.1. The van der Waals surface area contributed by atoms with Gasteiger partial charge in [-0.3, -0.25) is 0 Å². The smallest absolute Gasteiger partial charge is 0.339 e. The van der Waals surface area contributed by atoms with E-state index in [0.29, 0.717) is 8.95 Å². The van der Waals surface area contributed by atoms with E-state index in [1.165, 1.54) is 12.1 Å². The van der Waals surface area contributed by atoms with Gasteiger partial charge < -0.3 is 19.7 Å². The van der Waals surface area contributed by atoms with E-state index < -0.39 is 11.9 Å². The van der Waals surface area contributed by atoms with Crippen LogP contribution in [0.25, 0.3) is 0 Å². The molecule has 2 N–H and O–H groups in total. The summed E-state index contributed by atoms with van der Waals surface area (Å²) < 4.78 is 10.3. The Labute approximate surface area is 131 Å². The van der Waals surface area contributed by atoms with Crippen LogP contribution in [0.5, 0.6) is 0 Å². The fourth-order valence-electron chi connectivity index (χ4n) is 1.29. The molecule has 0 unspecified atom stereocenters. The van der Waals surface area contributed by atoms with E-state index in [0.717, 1.165) is 0 Å². The number of aliphatic hydroxyl groups is 2. The van der Waals surface area contributed by atoms with Crippen molar-refractivity contribution in [1.29, 1.82) is 0 Å². The summed E-state index contributed by atoms with van der Waals surface area (Å²) >= 11 is 6.34. The Balaban J connectivity index is 2.96. The number of benzene rings is 1. The molecule has 0 aliphatic carbocycles. The van der Waals surface area contributed by atoms with E-state index in [9.17, 15) is 9.59 Å². The molecule has 0 spiro atoms. The summed E-state index contributed by atoms with van der Waals surface area (Å²) in [5.74, 6) is -1.25. The molecule has 0 bridgehead atoms. The van der Waals surface area contributed by atoms with Gasteiger partial charge >= 0.3 is 11.9 Å². The van der Waals surface area contributed by atoms with E-state index in [4.69, 9.17) is 19.7 Å². The third kappa shape index (κ3) is 4.55. The Kier molecular flexibility index (Phi) is 7.14. The molecule has 1 rings (SSSR count). The summed E-state index contributed by atoms with van der Waals surface area (Å²) in [5.41, 5.74) is 0.424. The number of rotatable bonds is 6. The number of hydrogen-bond acceptors (Lipinski definition) is 6. The lowest BCUT2D eigenvalue weighted by Gasteiger charge is -2.09. The van der Waals surface area contributed by atoms with Crippen LogP contribution in [0.15, 0.2) is 21.1 Å². The van der Waals surface area contributed by atoms with Crippen LogP contribution in [-0.4, -0.2) is 48.6 Å². The topological polar surface area (TPSA) is 93.1 Å². The van der Waals surface area contributed by atoms with Gasteiger partial charge in [0.2, 0.25) is 0 Å². The highest BCUT2D eigenvalue weighted by molar-refractivity contribution is 9.11. The van der Waals surface area contributed by atoms with Crippen LogP contribution in [0.4, 0.5) is 0 Å². The third-order valence-corrected chi connectivity index (χ3v) is 3.46. The van der Waals surface area contributed by atoms with E-state index >= 15 is 0 Å². The van der Waals surface area contributed by atoms with Gasteiger partial charge in [0, 0.05) is 8.95 Å². The van der Waals surface area contributed by atoms with E-state index in [-0.39, 0.29) is 37.6 Å². The van der Waals surface area contributed by atoms with Crippen molar-refractivity contribution in [1.82, 2.24) is 0 Å². The fourth-order valence-corrected chi connectivity index (χ4v) is 2.30. The first-order chi connectivity index (χ1) is 9.51. The lowest BCUT2D eigenvalue weighted by molar-refractivity contribution is 0.0420. The lowest BCUT2D eigenvalue weighted by atomic mass is 10.1. The molecular formula is C12H12Br2O6. The molecule has 1 aromatic carbocycles. The predicted octanol–water partition coefficient (Wildman–Crippen LogP) is 1.51. The number of hydrogen-bond donors (Lipinski definition) is 2. The van der Waals surface area contributed by atoms with Crippen LogP contribution in [0.3, 0.4) is 0 Å². The van der Waals surface area contributed by atoms with Crippen LogP contribution >= 0.6 is 31.9 Å². The molecule has 20 heavy (non-hydrogen) atoms. The standard InChI is InChI=1S/C12H12Br2O6/c13-9-6-8(12(18)20-4-2-16)10(14)5-7(9)11(17)19-3-1-15/h5-6,15-16H,1-4H2. The number of halogens is 2. The highest BCUT2D eigenvalue weighted by Gasteiger charge is 2.19. The largest absolute Gasteiger partial charge is 0.460 e. The fraction of sp³-hybridized carbons (Fsp3) is 0.333. The summed E-state index contributed by atoms with van der Waals surface area (Å²) in [5, 5.41) is 17.2. The quantitative estimate of drug-likeness (QED) is 0.689. The second-order valence-corrected chi connectivity index (χ2v) is 5.24. The van der Waals surface area contributed by atoms with Crippen molar-refractivity contribution in [3.05, 3.63) is 32.2 Å². The minimum Gasteiger partial charge on any atom is -0.460 e. The molecule has 0 aliphatic heterocycles. The number of carbonyl (C=O) groups is 2. The molecule has 0 heterocycles. The number of aliphatic hydroxyl groups excluding tert-OH is 2. The van der Waals surface area contributed by atoms with Gasteiger partial charge in [-0.05, 0) is 44.0 Å². The summed E-state index contributed by atoms with van der Waals surface area (Å²) in [4.78, 5) is 23.4. The van der Waals surface area contributed by atoms with E-state index in [1.807, 2.05) is 0 Å². The number of esters is 2. The molecule has 0 amide bonds. The molecule has 0 aromatic heterocycles. The Bertz CT molecular complexity index is 457. The van der Waals surface area contributed by atoms with Crippen molar-refractivity contribution < 1.29 is 29.3 Å². The SMILES string of the molecule is O=C(OCCO)c1cc(Br)c(C(=O)OCCO)cc1Br. The maximum Gasteiger partial charge on any atom is 0.339 e. The van der Waals surface area contributed by atoms with Gasteiger partial charge in [0.05, 0.1) is 24.3 Å². The molecule has 0 saturated heterocycles. The van der Waals surface area contributed by atoms with Crippen molar-refractivity contribution in [2.75, 3.05) is 26.4 Å². The molecule has 1 aromatic rings. The minimum absolute atomic E-state index is 0.108. The van der Waals surface area contributed by atoms with Crippen LogP contribution in [-0.2, 0) is 9.47 Å². The molecule has 0 fully saturated rings. The Morgan fingerprint density at radius 1 is 0.900 bits per heavy atom. The summed E-state index contributed by atoms with van der Waals surface area (Å²) in [6.07, 6.45) is 0. The first-order valence-corrected chi connectivity index (χ1v) is 7.14. The zero-order valence-electron chi connectivity index (χ0n) is 10.3. The molecule has 0 aliphatic rings. The van der Waals surface area contributed by atoms with E-state index in [1.54, 1.807) is 0 Å². The van der Waals surface area contributed by atoms with E-state index in [2.05, 4.69) is 31.9 Å². The number of ether oxygens (including phenoxy) is 2. The van der Waals surface area contributed by atoms with Crippen molar-refractivity contribution in [3.63, 3.8) is 0 Å². The zero-order valence-corrected chi connectivity index (χ0v) is 13.4. The average Bonchev–Trinajstić information content (AvgIpc) is 2.44. The van der Waals surface area contributed by atoms with Crippen molar-refractivity contribution >= 4 is 43.8 Å². The maximum absolute atomic E-state index is 11.7. The predicted molar refractivity (Wildman–Crippen MR) is 76.6 cm³/mol. The Morgan fingerprint density at radius 3 is 1.55 bits per heavy atom. The first-order valence-electron chi connectivity index (χ1n) is 5.56. The van der Waals surface area contributed by atoms with Crippen molar-refractivity contribution in [3.8, 4) is 0 Å². The number of carbonyl (C=O) groups excluding carboxylic acids is 2. The normalized spacial score (nSPS) is 10.2. The lowest BCUT2D eigenvalue weighted by Crippen LogP contribution is -2.12. The summed E-state index contributed by atoms with van der Waals surface area (Å²) in [6.45, 7) is -0.751. The highest BCUT2D eigenvalue weighted by Crippen LogP contribution is 2.27. The summed E-state index contributed by atoms with van der Waals surface area (Å²) in [7, 11) is 0. The second kappa shape index (κ2) is 8.35. The molecule has 0 radical (unpaired) electrons. The van der Waals surface area contributed by atoms with Crippen LogP contribution < -0.4 is 0 Å². The van der Waals surface area contributed by atoms with Gasteiger partial charge in [0.1, 0.15) is 13.2 Å². The molecule has 0 saturated carbocycles. The molecule has 6 nitrogen and oxygen atoms in total. The van der Waals surface area contributed by atoms with Gasteiger partial charge in [-0.15, -0.1) is 0 Å². The average molecular weight is 412 g/mol. The molecule has 0 atom stereocenters. The Hall–Kier alpha value is -0.960. The van der Waals surface area contributed by atoms with Gasteiger partial charge in [-0.25, -0.2) is 9.59 Å². The van der Waals surface area contributed by atoms with Crippen molar-refractivity contribution in [2.45, 2.75) is 0 Å². The first kappa shape index (κ1) is 17.1. The third-order valence-electron chi connectivity index (χ3n) is 2.15. The Morgan fingerprint density at radius 2 is 1.25 bits per heavy atom. The highest BCUT2D eigenvalue weighted by atomic mass is 79.9. The second-order valence-electron chi connectivity index (χ2n) is 3.53. The van der Waals surface area contributed by atoms with Crippen LogP contribution in [0.1, 0.15) is 20.7 Å². The van der Waals surface area contributed by atoms with Crippen LogP contribution in [0, 0.1) is 0 Å². The van der Waals surface area contributed by atoms with Gasteiger partial charge in [-0.1, -0.05) is 0 Å². The summed E-state index contributed by atoms with van der Waals surface area (Å²) in [6, 6.07) is 2.83. The van der Waals surface area contributed by atoms with Gasteiger partial charge in [-0.2, -0.15) is 0 Å². The monoisotopic (exact) mass is 410 g/mol. The molecule has 8 heteroatoms. The van der Waals surface area contributed by atoms with Crippen molar-refractivity contribution in [2.24, 2.45) is 0 Å². The maximum atomic E-state index is 11.7. The molecular weight excluding hydrogens is 400 g/mol.